The van der Waals surface area contributed by atoms with Crippen LogP contribution in [0.2, 0.25) is 0 Å². The Hall–Kier alpha value is -1.95. The number of hydrogen-bond acceptors (Lipinski definition) is 5. The summed E-state index contributed by atoms with van der Waals surface area (Å²) in [6.07, 6.45) is 1.69. The van der Waals surface area contributed by atoms with Gasteiger partial charge in [-0.15, -0.1) is 10.0 Å². The molecule has 0 aliphatic carbocycles. The molecule has 0 aromatic carbocycles. The Morgan fingerprint density at radius 3 is 3.13 bits per heavy atom. The summed E-state index contributed by atoms with van der Waals surface area (Å²) >= 11 is 0. The van der Waals surface area contributed by atoms with E-state index < -0.39 is 0 Å². The maximum Gasteiger partial charge on any atom is 0.263 e. The lowest BCUT2D eigenvalue weighted by atomic mass is 10.4. The molecule has 2 aromatic rings. The van der Waals surface area contributed by atoms with Crippen molar-refractivity contribution in [2.24, 2.45) is 5.18 Å². The van der Waals surface area contributed by atoms with E-state index in [-0.39, 0.29) is 24.8 Å². The zero-order chi connectivity index (χ0) is 10.7. The smallest absolute Gasteiger partial charge is 0.263 e. The average Bonchev–Trinajstić information content (AvgIpc) is 2.63. The minimum atomic E-state index is -0.133. The van der Waals surface area contributed by atoms with Crippen molar-refractivity contribution in [2.75, 3.05) is 13.2 Å². The van der Waals surface area contributed by atoms with E-state index in [0.29, 0.717) is 5.52 Å². The van der Waals surface area contributed by atoms with Crippen molar-refractivity contribution >= 4 is 11.2 Å². The molecule has 0 saturated heterocycles. The van der Waals surface area contributed by atoms with Crippen LogP contribution in [0, 0.1) is 4.91 Å². The third-order valence-electron chi connectivity index (χ3n) is 1.90. The van der Waals surface area contributed by atoms with Crippen molar-refractivity contribution < 1.29 is 9.84 Å². The fraction of sp³-hybridized carbons (Fsp3) is 0.222. The quantitative estimate of drug-likeness (QED) is 0.761. The van der Waals surface area contributed by atoms with E-state index in [1.807, 2.05) is 0 Å². The molecule has 0 aliphatic rings. The number of pyridine rings is 1. The number of aliphatic hydroxyl groups excluding tert-OH is 1. The molecule has 1 N–H and O–H groups in total. The Morgan fingerprint density at radius 2 is 2.40 bits per heavy atom. The molecule has 6 nitrogen and oxygen atoms in total. The van der Waals surface area contributed by atoms with Crippen molar-refractivity contribution in [1.82, 2.24) is 9.61 Å². The van der Waals surface area contributed by atoms with Crippen LogP contribution >= 0.6 is 0 Å². The minimum absolute atomic E-state index is 0.0897. The summed E-state index contributed by atoms with van der Waals surface area (Å²) in [5, 5.41) is 15.5. The van der Waals surface area contributed by atoms with Gasteiger partial charge < -0.3 is 9.84 Å². The minimum Gasteiger partial charge on any atom is -0.473 e. The van der Waals surface area contributed by atoms with Gasteiger partial charge in [0.2, 0.25) is 0 Å². The van der Waals surface area contributed by atoms with E-state index in [1.165, 1.54) is 4.52 Å². The van der Waals surface area contributed by atoms with Crippen molar-refractivity contribution in [2.45, 2.75) is 0 Å². The number of rotatable bonds is 4. The second-order valence-corrected chi connectivity index (χ2v) is 2.85. The maximum absolute atomic E-state index is 10.6. The Morgan fingerprint density at radius 1 is 1.53 bits per heavy atom. The average molecular weight is 207 g/mol. The molecular weight excluding hydrogens is 198 g/mol. The normalized spacial score (nSPS) is 10.5. The van der Waals surface area contributed by atoms with Crippen LogP contribution in [0.5, 0.6) is 5.88 Å². The van der Waals surface area contributed by atoms with Crippen LogP contribution in [-0.2, 0) is 0 Å². The van der Waals surface area contributed by atoms with E-state index >= 15 is 0 Å². The molecule has 0 amide bonds. The number of fused-ring (bicyclic) bond motifs is 1. The monoisotopic (exact) mass is 207 g/mol. The largest absolute Gasteiger partial charge is 0.473 e. The predicted octanol–water partition coefficient (Wildman–Crippen LogP) is 1.10. The second-order valence-electron chi connectivity index (χ2n) is 2.85. The van der Waals surface area contributed by atoms with Gasteiger partial charge in [0, 0.05) is 6.20 Å². The zero-order valence-corrected chi connectivity index (χ0v) is 7.83. The lowest BCUT2D eigenvalue weighted by molar-refractivity contribution is 0.197. The number of ether oxygens (including phenoxy) is 1. The summed E-state index contributed by atoms with van der Waals surface area (Å²) in [4.78, 5) is 10.6. The highest BCUT2D eigenvalue weighted by molar-refractivity contribution is 5.73. The molecule has 0 radical (unpaired) electrons. The summed E-state index contributed by atoms with van der Waals surface area (Å²) in [5.74, 6) is 0.144. The van der Waals surface area contributed by atoms with Gasteiger partial charge in [-0.25, -0.2) is 4.52 Å². The van der Waals surface area contributed by atoms with Gasteiger partial charge in [0.25, 0.3) is 5.88 Å². The van der Waals surface area contributed by atoms with Crippen LogP contribution in [0.3, 0.4) is 0 Å². The van der Waals surface area contributed by atoms with Crippen molar-refractivity contribution in [3.05, 3.63) is 29.3 Å². The summed E-state index contributed by atoms with van der Waals surface area (Å²) in [6, 6.07) is 5.28. The van der Waals surface area contributed by atoms with Crippen molar-refractivity contribution in [3.63, 3.8) is 0 Å². The Balaban J connectivity index is 2.49. The fourth-order valence-corrected chi connectivity index (χ4v) is 1.29. The summed E-state index contributed by atoms with van der Waals surface area (Å²) in [6.45, 7) is -0.0431. The van der Waals surface area contributed by atoms with Crippen molar-refractivity contribution in [1.29, 1.82) is 0 Å². The third-order valence-corrected chi connectivity index (χ3v) is 1.90. The Kier molecular flexibility index (Phi) is 2.59. The highest BCUT2D eigenvalue weighted by atomic mass is 16.5. The van der Waals surface area contributed by atoms with Gasteiger partial charge in [-0.3, -0.25) is 0 Å². The number of aliphatic hydroxyl groups is 1. The van der Waals surface area contributed by atoms with Crippen LogP contribution in [0.15, 0.2) is 29.6 Å². The lowest BCUT2D eigenvalue weighted by Gasteiger charge is -1.97. The maximum atomic E-state index is 10.6. The predicted molar refractivity (Wildman–Crippen MR) is 53.2 cm³/mol. The molecule has 2 rings (SSSR count). The number of nitroso groups, excluding NO2 is 1. The third kappa shape index (κ3) is 1.66. The van der Waals surface area contributed by atoms with Crippen LogP contribution in [0.25, 0.3) is 5.52 Å². The highest BCUT2D eigenvalue weighted by Crippen LogP contribution is 2.30. The van der Waals surface area contributed by atoms with Gasteiger partial charge in [-0.2, -0.15) is 0 Å². The second kappa shape index (κ2) is 4.05. The summed E-state index contributed by atoms with van der Waals surface area (Å²) in [7, 11) is 0. The number of aromatic nitrogens is 2. The molecule has 0 atom stereocenters. The Labute approximate surface area is 85.1 Å². The standard InChI is InChI=1S/C9H9N3O3/c13-5-6-15-9-8(11-14)7-3-1-2-4-12(7)10-9/h1-4,13H,5-6H2. The molecule has 15 heavy (non-hydrogen) atoms. The van der Waals surface area contributed by atoms with Gasteiger partial charge in [0.15, 0.2) is 5.69 Å². The molecule has 0 bridgehead atoms. The van der Waals surface area contributed by atoms with Crippen molar-refractivity contribution in [3.8, 4) is 5.88 Å². The van der Waals surface area contributed by atoms with Crippen LogP contribution in [-0.4, -0.2) is 27.9 Å². The van der Waals surface area contributed by atoms with Gasteiger partial charge in [0.1, 0.15) is 6.61 Å². The van der Waals surface area contributed by atoms with E-state index in [0.717, 1.165) is 0 Å². The summed E-state index contributed by atoms with van der Waals surface area (Å²) in [5.41, 5.74) is 0.740. The fourth-order valence-electron chi connectivity index (χ4n) is 1.29. The van der Waals surface area contributed by atoms with Gasteiger partial charge in [-0.1, -0.05) is 6.07 Å². The summed E-state index contributed by atoms with van der Waals surface area (Å²) < 4.78 is 6.59. The van der Waals surface area contributed by atoms with E-state index in [4.69, 9.17) is 9.84 Å². The van der Waals surface area contributed by atoms with Gasteiger partial charge in [0.05, 0.1) is 12.1 Å². The number of hydrogen-bond donors (Lipinski definition) is 1. The first-order valence-electron chi connectivity index (χ1n) is 4.41. The molecule has 0 saturated carbocycles. The molecule has 78 valence electrons. The molecule has 0 aliphatic heterocycles. The Bertz CT molecular complexity index is 480. The molecule has 6 heteroatoms. The topological polar surface area (TPSA) is 76.2 Å². The molecular formula is C9H9N3O3. The van der Waals surface area contributed by atoms with Crippen LogP contribution in [0.4, 0.5) is 5.69 Å². The molecule has 0 spiro atoms. The molecule has 0 unspecified atom stereocenters. The zero-order valence-electron chi connectivity index (χ0n) is 7.83. The van der Waals surface area contributed by atoms with Crippen LogP contribution in [0.1, 0.15) is 0 Å². The van der Waals surface area contributed by atoms with Gasteiger partial charge in [-0.05, 0) is 17.3 Å². The first kappa shape index (κ1) is 9.60. The highest BCUT2D eigenvalue weighted by Gasteiger charge is 2.13. The van der Waals surface area contributed by atoms with E-state index in [9.17, 15) is 4.91 Å². The molecule has 0 fully saturated rings. The van der Waals surface area contributed by atoms with E-state index in [2.05, 4.69) is 10.3 Å². The lowest BCUT2D eigenvalue weighted by Crippen LogP contribution is -2.02. The van der Waals surface area contributed by atoms with E-state index in [1.54, 1.807) is 24.4 Å². The first-order chi connectivity index (χ1) is 7.36. The molecule has 2 heterocycles. The molecule has 2 aromatic heterocycles. The number of nitrogens with zero attached hydrogens (tertiary/aromatic N) is 3. The van der Waals surface area contributed by atoms with Crippen LogP contribution < -0.4 is 4.74 Å². The SMILES string of the molecule is O=Nc1c(OCCO)nn2ccccc12. The first-order valence-corrected chi connectivity index (χ1v) is 4.41. The van der Waals surface area contributed by atoms with Gasteiger partial charge >= 0.3 is 0 Å².